The number of rotatable bonds is 6. The molecular weight excluding hydrogens is 410 g/mol. The van der Waals surface area contributed by atoms with Crippen molar-refractivity contribution >= 4 is 17.7 Å². The molecule has 6 heteroatoms. The summed E-state index contributed by atoms with van der Waals surface area (Å²) in [6.45, 7) is 16.4. The van der Waals surface area contributed by atoms with Crippen LogP contribution in [0.15, 0.2) is 49.3 Å². The number of phenolic OH excluding ortho intramolecular Hbond substituents is 1. The number of pyridine rings is 1. The van der Waals surface area contributed by atoms with Gasteiger partial charge < -0.3 is 9.84 Å². The Labute approximate surface area is 191 Å². The molecule has 0 fully saturated rings. The largest absolute Gasteiger partial charge is 0.506 e. The van der Waals surface area contributed by atoms with Crippen LogP contribution in [-0.4, -0.2) is 19.9 Å². The molecule has 0 amide bonds. The lowest BCUT2D eigenvalue weighted by Crippen LogP contribution is -2.08. The minimum absolute atomic E-state index is 0.0385. The zero-order chi connectivity index (χ0) is 23.4. The van der Waals surface area contributed by atoms with E-state index in [1.165, 1.54) is 12.5 Å². The predicted molar refractivity (Wildman–Crippen MR) is 131 cm³/mol. The van der Waals surface area contributed by atoms with E-state index >= 15 is 0 Å². The molecular formula is C25H34ClN3O2. The normalized spacial score (nSPS) is 9.94. The summed E-state index contributed by atoms with van der Waals surface area (Å²) in [5.74, 6) is 0.470. The zero-order valence-electron chi connectivity index (χ0n) is 19.4. The Morgan fingerprint density at radius 3 is 2.45 bits per heavy atom. The second-order valence-corrected chi connectivity index (χ2v) is 7.18. The van der Waals surface area contributed by atoms with Crippen LogP contribution in [-0.2, 0) is 6.61 Å². The summed E-state index contributed by atoms with van der Waals surface area (Å²) in [6, 6.07) is 9.30. The lowest BCUT2D eigenvalue weighted by molar-refractivity contribution is 0.303. The highest BCUT2D eigenvalue weighted by Crippen LogP contribution is 2.36. The molecule has 0 radical (unpaired) electrons. The Morgan fingerprint density at radius 2 is 1.84 bits per heavy atom. The maximum absolute atomic E-state index is 10.1. The fourth-order valence-corrected chi connectivity index (χ4v) is 2.91. The number of hydrogen-bond acceptors (Lipinski definition) is 4. The van der Waals surface area contributed by atoms with Gasteiger partial charge in [-0.25, -0.2) is 0 Å². The molecule has 0 saturated carbocycles. The number of phenols is 1. The van der Waals surface area contributed by atoms with Crippen LogP contribution < -0.4 is 4.74 Å². The first-order valence-corrected chi connectivity index (χ1v) is 11.1. The standard InChI is InChI=1S/C20H20ClN3O2.C3H8.C2H6/c1-4-15-18(8-7-16(21)20(15)25)26-12-14-6-5-10-22-19(14)17-9-11-23-24(17)13(2)3;1-3-2;1-2/h4-11,13,25H,1,12H2,2-3H3;3H2,1-2H3;1-2H3. The monoisotopic (exact) mass is 443 g/mol. The molecule has 2 heterocycles. The van der Waals surface area contributed by atoms with E-state index in [-0.39, 0.29) is 23.4 Å². The van der Waals surface area contributed by atoms with E-state index in [0.717, 1.165) is 17.0 Å². The van der Waals surface area contributed by atoms with E-state index in [1.807, 2.05) is 36.7 Å². The van der Waals surface area contributed by atoms with E-state index in [9.17, 15) is 5.11 Å². The van der Waals surface area contributed by atoms with E-state index < -0.39 is 0 Å². The molecule has 31 heavy (non-hydrogen) atoms. The van der Waals surface area contributed by atoms with Crippen LogP contribution >= 0.6 is 11.6 Å². The van der Waals surface area contributed by atoms with E-state index in [4.69, 9.17) is 16.3 Å². The fraction of sp³-hybridized carbons (Fsp3) is 0.360. The second kappa shape index (κ2) is 13.5. The van der Waals surface area contributed by atoms with Gasteiger partial charge in [-0.3, -0.25) is 9.67 Å². The molecule has 0 aliphatic heterocycles. The average molecular weight is 444 g/mol. The van der Waals surface area contributed by atoms with Crippen LogP contribution in [0, 0.1) is 0 Å². The second-order valence-electron chi connectivity index (χ2n) is 6.77. The molecule has 168 valence electrons. The number of benzene rings is 1. The molecule has 1 N–H and O–H groups in total. The first kappa shape index (κ1) is 26.2. The van der Waals surface area contributed by atoms with Crippen LogP contribution in [0.4, 0.5) is 0 Å². The summed E-state index contributed by atoms with van der Waals surface area (Å²) >= 11 is 5.95. The van der Waals surface area contributed by atoms with Crippen molar-refractivity contribution < 1.29 is 9.84 Å². The van der Waals surface area contributed by atoms with Crippen molar-refractivity contribution in [2.45, 2.75) is 60.6 Å². The van der Waals surface area contributed by atoms with Gasteiger partial charge in [-0.05, 0) is 38.1 Å². The highest BCUT2D eigenvalue weighted by Gasteiger charge is 2.15. The maximum Gasteiger partial charge on any atom is 0.145 e. The van der Waals surface area contributed by atoms with Crippen molar-refractivity contribution in [2.24, 2.45) is 0 Å². The molecule has 0 aliphatic carbocycles. The average Bonchev–Trinajstić information content (AvgIpc) is 3.27. The van der Waals surface area contributed by atoms with Crippen LogP contribution in [0.2, 0.25) is 5.02 Å². The van der Waals surface area contributed by atoms with Crippen molar-refractivity contribution in [3.8, 4) is 22.9 Å². The van der Waals surface area contributed by atoms with Gasteiger partial charge in [0.05, 0.1) is 22.0 Å². The third-order valence-electron chi connectivity index (χ3n) is 4.01. The topological polar surface area (TPSA) is 60.2 Å². The molecule has 5 nitrogen and oxygen atoms in total. The van der Waals surface area contributed by atoms with Crippen LogP contribution in [0.5, 0.6) is 11.5 Å². The van der Waals surface area contributed by atoms with Crippen LogP contribution in [0.25, 0.3) is 17.5 Å². The fourth-order valence-electron chi connectivity index (χ4n) is 2.74. The van der Waals surface area contributed by atoms with Crippen molar-refractivity contribution in [1.82, 2.24) is 14.8 Å². The third-order valence-corrected chi connectivity index (χ3v) is 4.31. The van der Waals surface area contributed by atoms with Gasteiger partial charge in [0.25, 0.3) is 0 Å². The molecule has 2 aromatic heterocycles. The number of halogens is 1. The molecule has 0 unspecified atom stereocenters. The van der Waals surface area contributed by atoms with Crippen LogP contribution in [0.3, 0.4) is 0 Å². The van der Waals surface area contributed by atoms with Crippen LogP contribution in [0.1, 0.15) is 65.1 Å². The van der Waals surface area contributed by atoms with Gasteiger partial charge in [-0.15, -0.1) is 0 Å². The summed E-state index contributed by atoms with van der Waals surface area (Å²) in [5, 5.41) is 14.7. The van der Waals surface area contributed by atoms with Crippen molar-refractivity contribution in [3.05, 3.63) is 65.5 Å². The smallest absolute Gasteiger partial charge is 0.145 e. The van der Waals surface area contributed by atoms with Gasteiger partial charge in [0.15, 0.2) is 0 Å². The third kappa shape index (κ3) is 6.86. The SMILES string of the molecule is C=Cc1c(OCc2cccnc2-c2ccnn2C(C)C)ccc(Cl)c1O.CC.CCC. The van der Waals surface area contributed by atoms with Gasteiger partial charge in [-0.1, -0.05) is 64.4 Å². The Kier molecular flexibility index (Phi) is 11.4. The Morgan fingerprint density at radius 1 is 1.16 bits per heavy atom. The van der Waals surface area contributed by atoms with Gasteiger partial charge >= 0.3 is 0 Å². The Balaban J connectivity index is 0.000000884. The molecule has 0 atom stereocenters. The maximum atomic E-state index is 10.1. The quantitative estimate of drug-likeness (QED) is 0.427. The minimum Gasteiger partial charge on any atom is -0.506 e. The molecule has 0 aliphatic rings. The summed E-state index contributed by atoms with van der Waals surface area (Å²) < 4.78 is 7.86. The first-order valence-electron chi connectivity index (χ1n) is 10.7. The van der Waals surface area contributed by atoms with E-state index in [1.54, 1.807) is 24.5 Å². The molecule has 3 aromatic rings. The molecule has 0 saturated heterocycles. The van der Waals surface area contributed by atoms with Crippen molar-refractivity contribution in [1.29, 1.82) is 0 Å². The number of aromatic nitrogens is 3. The van der Waals surface area contributed by atoms with Gasteiger partial charge in [-0.2, -0.15) is 5.10 Å². The predicted octanol–water partition coefficient (Wildman–Crippen LogP) is 7.55. The lowest BCUT2D eigenvalue weighted by atomic mass is 10.1. The number of ether oxygens (including phenoxy) is 1. The van der Waals surface area contributed by atoms with E-state index in [2.05, 4.69) is 44.4 Å². The van der Waals surface area contributed by atoms with Crippen molar-refractivity contribution in [3.63, 3.8) is 0 Å². The Hall–Kier alpha value is -2.79. The zero-order valence-corrected chi connectivity index (χ0v) is 20.1. The summed E-state index contributed by atoms with van der Waals surface area (Å²) in [6.07, 6.45) is 6.29. The Bertz CT molecular complexity index is 952. The van der Waals surface area contributed by atoms with Crippen molar-refractivity contribution in [2.75, 3.05) is 0 Å². The summed E-state index contributed by atoms with van der Waals surface area (Å²) in [4.78, 5) is 4.52. The summed E-state index contributed by atoms with van der Waals surface area (Å²) in [7, 11) is 0. The highest BCUT2D eigenvalue weighted by atomic mass is 35.5. The van der Waals surface area contributed by atoms with Gasteiger partial charge in [0, 0.05) is 24.0 Å². The lowest BCUT2D eigenvalue weighted by Gasteiger charge is -2.15. The number of hydrogen-bond donors (Lipinski definition) is 1. The number of aromatic hydroxyl groups is 1. The van der Waals surface area contributed by atoms with Gasteiger partial charge in [0.1, 0.15) is 18.1 Å². The molecule has 0 bridgehead atoms. The first-order chi connectivity index (χ1) is 14.9. The minimum atomic E-state index is -0.0385. The summed E-state index contributed by atoms with van der Waals surface area (Å²) in [5.41, 5.74) is 3.13. The highest BCUT2D eigenvalue weighted by molar-refractivity contribution is 6.32. The molecule has 0 spiro atoms. The molecule has 1 aromatic carbocycles. The number of nitrogens with zero attached hydrogens (tertiary/aromatic N) is 3. The molecule has 3 rings (SSSR count). The van der Waals surface area contributed by atoms with E-state index in [0.29, 0.717) is 11.3 Å². The van der Waals surface area contributed by atoms with Gasteiger partial charge in [0.2, 0.25) is 0 Å².